The number of aryl methyl sites for hydroxylation is 2. The van der Waals surface area contributed by atoms with Gasteiger partial charge in [-0.25, -0.2) is 8.42 Å². The third kappa shape index (κ3) is 5.35. The maximum atomic E-state index is 11.9. The molecule has 1 aliphatic heterocycles. The molecule has 1 aromatic carbocycles. The highest BCUT2D eigenvalue weighted by Gasteiger charge is 2.28. The molecule has 0 bridgehead atoms. The van der Waals surface area contributed by atoms with Crippen molar-refractivity contribution in [2.75, 3.05) is 23.4 Å². The summed E-state index contributed by atoms with van der Waals surface area (Å²) >= 11 is 0. The summed E-state index contributed by atoms with van der Waals surface area (Å²) in [6.07, 6.45) is 0.296. The van der Waals surface area contributed by atoms with Crippen molar-refractivity contribution in [1.29, 1.82) is 0 Å². The average molecular weight is 338 g/mol. The number of hydrogen-bond donors (Lipinski definition) is 2. The topological polar surface area (TPSA) is 92.3 Å². The molecule has 0 saturated carbocycles. The third-order valence-corrected chi connectivity index (χ3v) is 5.73. The van der Waals surface area contributed by atoms with Crippen molar-refractivity contribution in [3.8, 4) is 0 Å². The van der Waals surface area contributed by atoms with Gasteiger partial charge in [-0.2, -0.15) is 0 Å². The zero-order valence-corrected chi connectivity index (χ0v) is 14.2. The van der Waals surface area contributed by atoms with E-state index in [0.29, 0.717) is 18.7 Å². The van der Waals surface area contributed by atoms with Crippen molar-refractivity contribution in [2.45, 2.75) is 26.7 Å². The zero-order chi connectivity index (χ0) is 17.0. The Bertz CT molecular complexity index is 713. The molecule has 1 atom stereocenters. The normalized spacial score (nSPS) is 19.3. The molecule has 1 heterocycles. The van der Waals surface area contributed by atoms with Gasteiger partial charge in [0.05, 0.1) is 11.5 Å². The first-order chi connectivity index (χ1) is 10.7. The van der Waals surface area contributed by atoms with E-state index in [9.17, 15) is 18.0 Å². The second kappa shape index (κ2) is 7.12. The van der Waals surface area contributed by atoms with E-state index in [1.807, 2.05) is 32.0 Å². The van der Waals surface area contributed by atoms with E-state index in [-0.39, 0.29) is 29.8 Å². The van der Waals surface area contributed by atoms with Crippen LogP contribution in [0.25, 0.3) is 0 Å². The minimum Gasteiger partial charge on any atom is -0.355 e. The molecule has 2 N–H and O–H groups in total. The van der Waals surface area contributed by atoms with Crippen LogP contribution >= 0.6 is 0 Å². The molecule has 1 aliphatic rings. The van der Waals surface area contributed by atoms with Crippen LogP contribution in [0.1, 0.15) is 24.0 Å². The summed E-state index contributed by atoms with van der Waals surface area (Å²) in [5.41, 5.74) is 2.73. The van der Waals surface area contributed by atoms with Crippen LogP contribution in [-0.2, 0) is 19.4 Å². The van der Waals surface area contributed by atoms with Crippen molar-refractivity contribution in [3.63, 3.8) is 0 Å². The Morgan fingerprint density at radius 1 is 1.22 bits per heavy atom. The number of anilines is 1. The van der Waals surface area contributed by atoms with Crippen LogP contribution in [-0.4, -0.2) is 38.3 Å². The minimum absolute atomic E-state index is 0.0497. The van der Waals surface area contributed by atoms with E-state index in [4.69, 9.17) is 0 Å². The van der Waals surface area contributed by atoms with Gasteiger partial charge in [-0.15, -0.1) is 0 Å². The largest absolute Gasteiger partial charge is 0.355 e. The zero-order valence-electron chi connectivity index (χ0n) is 13.4. The van der Waals surface area contributed by atoms with Gasteiger partial charge in [-0.3, -0.25) is 9.59 Å². The van der Waals surface area contributed by atoms with Gasteiger partial charge in [-0.05, 0) is 37.8 Å². The molecule has 2 amide bonds. The number of nitrogens with one attached hydrogen (secondary N) is 2. The van der Waals surface area contributed by atoms with Gasteiger partial charge in [-0.1, -0.05) is 17.7 Å². The van der Waals surface area contributed by atoms with Crippen molar-refractivity contribution in [1.82, 2.24) is 5.32 Å². The predicted octanol–water partition coefficient (Wildman–Crippen LogP) is 1.18. The summed E-state index contributed by atoms with van der Waals surface area (Å²) in [6.45, 7) is 4.16. The highest BCUT2D eigenvalue weighted by molar-refractivity contribution is 7.91. The van der Waals surface area contributed by atoms with Gasteiger partial charge in [0.15, 0.2) is 9.84 Å². The highest BCUT2D eigenvalue weighted by Crippen LogP contribution is 2.18. The number of rotatable bonds is 5. The number of carbonyl (C=O) groups is 2. The molecule has 1 fully saturated rings. The molecule has 126 valence electrons. The summed E-state index contributed by atoms with van der Waals surface area (Å²) in [4.78, 5) is 23.7. The first kappa shape index (κ1) is 17.5. The van der Waals surface area contributed by atoms with Crippen LogP contribution in [0.15, 0.2) is 18.2 Å². The quantitative estimate of drug-likeness (QED) is 0.789. The Balaban J connectivity index is 1.77. The minimum atomic E-state index is -2.95. The highest BCUT2D eigenvalue weighted by atomic mass is 32.2. The van der Waals surface area contributed by atoms with Gasteiger partial charge in [0.2, 0.25) is 11.8 Å². The predicted molar refractivity (Wildman–Crippen MR) is 88.9 cm³/mol. The summed E-state index contributed by atoms with van der Waals surface area (Å²) in [5.74, 6) is -0.528. The summed E-state index contributed by atoms with van der Waals surface area (Å²) < 4.78 is 22.7. The molecule has 6 nitrogen and oxygen atoms in total. The smallest absolute Gasteiger partial charge is 0.233 e. The van der Waals surface area contributed by atoms with Gasteiger partial charge >= 0.3 is 0 Å². The fourth-order valence-corrected chi connectivity index (χ4v) is 4.51. The Labute approximate surface area is 136 Å². The van der Waals surface area contributed by atoms with E-state index in [1.54, 1.807) is 0 Å². The van der Waals surface area contributed by atoms with E-state index < -0.39 is 15.7 Å². The lowest BCUT2D eigenvalue weighted by molar-refractivity contribution is -0.126. The van der Waals surface area contributed by atoms with Gasteiger partial charge in [0.25, 0.3) is 0 Å². The lowest BCUT2D eigenvalue weighted by Gasteiger charge is -2.11. The number of benzene rings is 1. The summed E-state index contributed by atoms with van der Waals surface area (Å²) in [6, 6.07) is 5.66. The maximum absolute atomic E-state index is 11.9. The number of carbonyl (C=O) groups excluding carboxylic acids is 2. The van der Waals surface area contributed by atoms with Crippen LogP contribution < -0.4 is 10.6 Å². The molecule has 0 radical (unpaired) electrons. The number of amides is 2. The maximum Gasteiger partial charge on any atom is 0.233 e. The lowest BCUT2D eigenvalue weighted by atomic mass is 10.1. The molecule has 0 aliphatic carbocycles. The van der Waals surface area contributed by atoms with Crippen molar-refractivity contribution in [3.05, 3.63) is 29.3 Å². The Morgan fingerprint density at radius 2 is 1.96 bits per heavy atom. The standard InChI is InChI=1S/C16H22N2O4S/c1-11-3-4-14(12(2)7-11)18-16(20)8-15(19)17-9-13-5-6-23(21,22)10-13/h3-4,7,13H,5-6,8-10H2,1-2H3,(H,17,19)(H,18,20)/t13-/m0/s1. The van der Waals surface area contributed by atoms with E-state index in [1.165, 1.54) is 0 Å². The molecule has 2 rings (SSSR count). The molecule has 1 aromatic rings. The van der Waals surface area contributed by atoms with E-state index in [0.717, 1.165) is 11.1 Å². The van der Waals surface area contributed by atoms with Crippen LogP contribution in [0.3, 0.4) is 0 Å². The fraction of sp³-hybridized carbons (Fsp3) is 0.500. The van der Waals surface area contributed by atoms with Crippen LogP contribution in [0.2, 0.25) is 0 Å². The first-order valence-electron chi connectivity index (χ1n) is 7.59. The average Bonchev–Trinajstić information content (AvgIpc) is 2.79. The van der Waals surface area contributed by atoms with Crippen molar-refractivity contribution >= 4 is 27.3 Å². The van der Waals surface area contributed by atoms with Crippen molar-refractivity contribution < 1.29 is 18.0 Å². The Hall–Kier alpha value is -1.89. The van der Waals surface area contributed by atoms with Crippen LogP contribution in [0.4, 0.5) is 5.69 Å². The molecule has 23 heavy (non-hydrogen) atoms. The first-order valence-corrected chi connectivity index (χ1v) is 9.41. The molecule has 0 unspecified atom stereocenters. The molecule has 0 spiro atoms. The van der Waals surface area contributed by atoms with Gasteiger partial charge < -0.3 is 10.6 Å². The number of hydrogen-bond acceptors (Lipinski definition) is 4. The van der Waals surface area contributed by atoms with Crippen LogP contribution in [0, 0.1) is 19.8 Å². The van der Waals surface area contributed by atoms with Crippen molar-refractivity contribution in [2.24, 2.45) is 5.92 Å². The lowest BCUT2D eigenvalue weighted by Crippen LogP contribution is -2.32. The molecule has 7 heteroatoms. The van der Waals surface area contributed by atoms with Gasteiger partial charge in [0.1, 0.15) is 6.42 Å². The summed E-state index contributed by atoms with van der Waals surface area (Å²) in [7, 11) is -2.95. The molecular formula is C16H22N2O4S. The second-order valence-electron chi connectivity index (χ2n) is 6.12. The summed E-state index contributed by atoms with van der Waals surface area (Å²) in [5, 5.41) is 5.35. The SMILES string of the molecule is Cc1ccc(NC(=O)CC(=O)NC[C@@H]2CCS(=O)(=O)C2)c(C)c1. The Morgan fingerprint density at radius 3 is 2.57 bits per heavy atom. The van der Waals surface area contributed by atoms with Crippen LogP contribution in [0.5, 0.6) is 0 Å². The number of sulfone groups is 1. The third-order valence-electron chi connectivity index (χ3n) is 3.89. The monoisotopic (exact) mass is 338 g/mol. The fourth-order valence-electron chi connectivity index (χ4n) is 2.65. The van der Waals surface area contributed by atoms with Gasteiger partial charge in [0, 0.05) is 12.2 Å². The van der Waals surface area contributed by atoms with E-state index >= 15 is 0 Å². The Kier molecular flexibility index (Phi) is 5.41. The molecular weight excluding hydrogens is 316 g/mol. The molecule has 0 aromatic heterocycles. The molecule has 1 saturated heterocycles. The van der Waals surface area contributed by atoms with E-state index in [2.05, 4.69) is 10.6 Å². The second-order valence-corrected chi connectivity index (χ2v) is 8.35.